The van der Waals surface area contributed by atoms with Crippen molar-refractivity contribution in [1.82, 2.24) is 9.80 Å². The number of aryl methyl sites for hydroxylation is 1. The molecular formula is C18H23F3N2O4. The van der Waals surface area contributed by atoms with Crippen molar-refractivity contribution in [3.05, 3.63) is 29.8 Å². The molecule has 6 nitrogen and oxygen atoms in total. The fraction of sp³-hybridized carbons (Fsp3) is 0.556. The molecule has 0 N–H and O–H groups in total. The van der Waals surface area contributed by atoms with Crippen molar-refractivity contribution < 1.29 is 32.2 Å². The fourth-order valence-corrected chi connectivity index (χ4v) is 2.68. The Hall–Kier alpha value is -2.29. The molecular weight excluding hydrogens is 365 g/mol. The molecule has 0 radical (unpaired) electrons. The van der Waals surface area contributed by atoms with Gasteiger partial charge in [0.2, 0.25) is 0 Å². The van der Waals surface area contributed by atoms with Gasteiger partial charge in [-0.25, -0.2) is 4.79 Å². The van der Waals surface area contributed by atoms with Gasteiger partial charge in [-0.15, -0.1) is 0 Å². The summed E-state index contributed by atoms with van der Waals surface area (Å²) in [6.07, 6.45) is -3.97. The van der Waals surface area contributed by atoms with E-state index >= 15 is 0 Å². The van der Waals surface area contributed by atoms with Crippen LogP contribution in [0.4, 0.5) is 13.2 Å². The van der Waals surface area contributed by atoms with E-state index in [0.717, 1.165) is 16.9 Å². The number of carbonyl (C=O) groups is 2. The number of esters is 1. The predicted octanol–water partition coefficient (Wildman–Crippen LogP) is 1.88. The number of nitrogens with zero attached hydrogens (tertiary/aromatic N) is 2. The largest absolute Gasteiger partial charge is 0.482 e. The summed E-state index contributed by atoms with van der Waals surface area (Å²) in [6, 6.07) is 7.43. The van der Waals surface area contributed by atoms with Crippen molar-refractivity contribution in [1.29, 1.82) is 0 Å². The van der Waals surface area contributed by atoms with Crippen LogP contribution in [0.2, 0.25) is 0 Å². The number of alkyl halides is 3. The van der Waals surface area contributed by atoms with Crippen LogP contribution in [0.25, 0.3) is 0 Å². The first kappa shape index (κ1) is 21.0. The second-order valence-electron chi connectivity index (χ2n) is 6.14. The Bertz CT molecular complexity index is 644. The summed E-state index contributed by atoms with van der Waals surface area (Å²) in [5.41, 5.74) is 1.10. The maximum absolute atomic E-state index is 12.4. The van der Waals surface area contributed by atoms with Crippen LogP contribution in [0.3, 0.4) is 0 Å². The molecule has 0 aliphatic carbocycles. The number of benzene rings is 1. The SMILES string of the molecule is CCc1cccc(OCC(=O)OCCN2CCN(C(=O)C(F)(F)F)CC2)c1. The molecule has 0 unspecified atom stereocenters. The van der Waals surface area contributed by atoms with E-state index in [1.807, 2.05) is 30.0 Å². The Morgan fingerprint density at radius 3 is 2.48 bits per heavy atom. The summed E-state index contributed by atoms with van der Waals surface area (Å²) in [5, 5.41) is 0. The monoisotopic (exact) mass is 388 g/mol. The topological polar surface area (TPSA) is 59.1 Å². The Balaban J connectivity index is 1.62. The number of halogens is 3. The standard InChI is InChI=1S/C18H23F3N2O4/c1-2-14-4-3-5-15(12-14)27-13-16(24)26-11-10-22-6-8-23(9-7-22)17(25)18(19,20)21/h3-5,12H,2,6-11,13H2,1H3. The van der Waals surface area contributed by atoms with Gasteiger partial charge in [0.1, 0.15) is 12.4 Å². The van der Waals surface area contributed by atoms with Crippen LogP contribution >= 0.6 is 0 Å². The van der Waals surface area contributed by atoms with E-state index in [1.54, 1.807) is 6.07 Å². The lowest BCUT2D eigenvalue weighted by molar-refractivity contribution is -0.187. The summed E-state index contributed by atoms with van der Waals surface area (Å²) in [4.78, 5) is 25.5. The van der Waals surface area contributed by atoms with E-state index in [2.05, 4.69) is 0 Å². The van der Waals surface area contributed by atoms with Crippen molar-refractivity contribution in [2.45, 2.75) is 19.5 Å². The molecule has 2 rings (SSSR count). The fourth-order valence-electron chi connectivity index (χ4n) is 2.68. The summed E-state index contributed by atoms with van der Waals surface area (Å²) >= 11 is 0. The third kappa shape index (κ3) is 6.74. The smallest absolute Gasteiger partial charge is 0.471 e. The second-order valence-corrected chi connectivity index (χ2v) is 6.14. The molecule has 0 bridgehead atoms. The number of carbonyl (C=O) groups excluding carboxylic acids is 2. The number of rotatable bonds is 7. The van der Waals surface area contributed by atoms with E-state index in [4.69, 9.17) is 9.47 Å². The highest BCUT2D eigenvalue weighted by Crippen LogP contribution is 2.19. The van der Waals surface area contributed by atoms with Gasteiger partial charge in [0.15, 0.2) is 6.61 Å². The molecule has 1 aliphatic rings. The van der Waals surface area contributed by atoms with E-state index in [-0.39, 0.29) is 26.3 Å². The van der Waals surface area contributed by atoms with Gasteiger partial charge >= 0.3 is 18.1 Å². The van der Waals surface area contributed by atoms with E-state index < -0.39 is 18.1 Å². The predicted molar refractivity (Wildman–Crippen MR) is 91.3 cm³/mol. The average molecular weight is 388 g/mol. The van der Waals surface area contributed by atoms with Gasteiger partial charge in [-0.05, 0) is 24.1 Å². The summed E-state index contributed by atoms with van der Waals surface area (Å²) in [5.74, 6) is -1.72. The first-order valence-electron chi connectivity index (χ1n) is 8.75. The molecule has 9 heteroatoms. The van der Waals surface area contributed by atoms with Gasteiger partial charge in [0.25, 0.3) is 0 Å². The van der Waals surface area contributed by atoms with Crippen molar-refractivity contribution in [2.24, 2.45) is 0 Å². The van der Waals surface area contributed by atoms with Gasteiger partial charge in [0, 0.05) is 32.7 Å². The molecule has 0 spiro atoms. The van der Waals surface area contributed by atoms with Crippen LogP contribution in [0, 0.1) is 0 Å². The summed E-state index contributed by atoms with van der Waals surface area (Å²) < 4.78 is 47.6. The lowest BCUT2D eigenvalue weighted by Gasteiger charge is -2.34. The molecule has 150 valence electrons. The molecule has 27 heavy (non-hydrogen) atoms. The number of amides is 1. The normalized spacial score (nSPS) is 15.5. The molecule has 1 amide bonds. The minimum absolute atomic E-state index is 0.00314. The van der Waals surface area contributed by atoms with Crippen molar-refractivity contribution in [3.8, 4) is 5.75 Å². The highest BCUT2D eigenvalue weighted by Gasteiger charge is 2.43. The number of hydrogen-bond acceptors (Lipinski definition) is 5. The molecule has 1 aliphatic heterocycles. The van der Waals surface area contributed by atoms with Gasteiger partial charge in [-0.3, -0.25) is 9.69 Å². The Morgan fingerprint density at radius 1 is 1.15 bits per heavy atom. The zero-order valence-electron chi connectivity index (χ0n) is 15.1. The van der Waals surface area contributed by atoms with E-state index in [9.17, 15) is 22.8 Å². The first-order valence-corrected chi connectivity index (χ1v) is 8.75. The van der Waals surface area contributed by atoms with Gasteiger partial charge in [-0.2, -0.15) is 13.2 Å². The van der Waals surface area contributed by atoms with Crippen LogP contribution in [0.15, 0.2) is 24.3 Å². The zero-order valence-corrected chi connectivity index (χ0v) is 15.1. The quantitative estimate of drug-likeness (QED) is 0.668. The number of piperazine rings is 1. The van der Waals surface area contributed by atoms with Gasteiger partial charge < -0.3 is 14.4 Å². The Kier molecular flexibility index (Phi) is 7.46. The third-order valence-electron chi connectivity index (χ3n) is 4.24. The highest BCUT2D eigenvalue weighted by molar-refractivity contribution is 5.81. The van der Waals surface area contributed by atoms with Gasteiger partial charge in [0.05, 0.1) is 0 Å². The zero-order chi connectivity index (χ0) is 19.9. The highest BCUT2D eigenvalue weighted by atomic mass is 19.4. The minimum atomic E-state index is -4.84. The molecule has 1 saturated heterocycles. The van der Waals surface area contributed by atoms with Crippen LogP contribution in [-0.4, -0.2) is 73.8 Å². The summed E-state index contributed by atoms with van der Waals surface area (Å²) in [7, 11) is 0. The van der Waals surface area contributed by atoms with Crippen molar-refractivity contribution in [3.63, 3.8) is 0 Å². The second kappa shape index (κ2) is 9.59. The lowest BCUT2D eigenvalue weighted by Crippen LogP contribution is -2.52. The van der Waals surface area contributed by atoms with E-state index in [1.165, 1.54) is 0 Å². The third-order valence-corrected chi connectivity index (χ3v) is 4.24. The van der Waals surface area contributed by atoms with Crippen LogP contribution < -0.4 is 4.74 Å². The first-order chi connectivity index (χ1) is 12.8. The lowest BCUT2D eigenvalue weighted by atomic mass is 10.2. The molecule has 1 heterocycles. The van der Waals surface area contributed by atoms with E-state index in [0.29, 0.717) is 25.4 Å². The Morgan fingerprint density at radius 2 is 1.85 bits per heavy atom. The average Bonchev–Trinajstić information content (AvgIpc) is 2.66. The molecule has 1 aromatic carbocycles. The molecule has 0 aromatic heterocycles. The maximum atomic E-state index is 12.4. The summed E-state index contributed by atoms with van der Waals surface area (Å²) in [6.45, 7) is 2.94. The van der Waals surface area contributed by atoms with Crippen LogP contribution in [0.5, 0.6) is 5.75 Å². The van der Waals surface area contributed by atoms with Crippen LogP contribution in [-0.2, 0) is 20.7 Å². The molecule has 0 atom stereocenters. The molecule has 1 aromatic rings. The molecule has 1 fully saturated rings. The van der Waals surface area contributed by atoms with Gasteiger partial charge in [-0.1, -0.05) is 19.1 Å². The minimum Gasteiger partial charge on any atom is -0.482 e. The maximum Gasteiger partial charge on any atom is 0.471 e. The van der Waals surface area contributed by atoms with Crippen LogP contribution in [0.1, 0.15) is 12.5 Å². The molecule has 0 saturated carbocycles. The number of ether oxygens (including phenoxy) is 2. The van der Waals surface area contributed by atoms with Crippen molar-refractivity contribution in [2.75, 3.05) is 45.9 Å². The Labute approximate surface area is 155 Å². The van der Waals surface area contributed by atoms with Crippen molar-refractivity contribution >= 4 is 11.9 Å². The number of hydrogen-bond donors (Lipinski definition) is 0.